The van der Waals surface area contributed by atoms with E-state index in [4.69, 9.17) is 4.99 Å². The highest BCUT2D eigenvalue weighted by Crippen LogP contribution is 2.57. The van der Waals surface area contributed by atoms with Gasteiger partial charge in [0, 0.05) is 45.2 Å². The van der Waals surface area contributed by atoms with Gasteiger partial charge in [-0.15, -0.1) is 24.0 Å². The van der Waals surface area contributed by atoms with Crippen LogP contribution in [0.2, 0.25) is 0 Å². The Kier molecular flexibility index (Phi) is 7.40. The SMILES string of the molecule is CCNC(=NCC1(C2CC2)CCC1)N1CCN(C(=O)C(C)C)CC1.I. The van der Waals surface area contributed by atoms with Crippen molar-refractivity contribution in [2.45, 2.75) is 52.9 Å². The Balaban J connectivity index is 0.00000225. The minimum Gasteiger partial charge on any atom is -0.357 e. The zero-order valence-electron chi connectivity index (χ0n) is 16.1. The largest absolute Gasteiger partial charge is 0.357 e. The van der Waals surface area contributed by atoms with Crippen LogP contribution in [0.15, 0.2) is 4.99 Å². The van der Waals surface area contributed by atoms with E-state index in [0.29, 0.717) is 5.41 Å². The third-order valence-corrected chi connectivity index (χ3v) is 6.06. The molecule has 2 saturated carbocycles. The summed E-state index contributed by atoms with van der Waals surface area (Å²) >= 11 is 0. The number of halogens is 1. The van der Waals surface area contributed by atoms with Gasteiger partial charge < -0.3 is 15.1 Å². The van der Waals surface area contributed by atoms with Crippen molar-refractivity contribution in [3.05, 3.63) is 0 Å². The van der Waals surface area contributed by atoms with E-state index in [1.807, 2.05) is 18.7 Å². The van der Waals surface area contributed by atoms with Crippen molar-refractivity contribution in [1.29, 1.82) is 0 Å². The number of aliphatic imine (C=N–C) groups is 1. The molecule has 0 unspecified atom stereocenters. The molecule has 3 rings (SSSR count). The average Bonchev–Trinajstić information content (AvgIpc) is 3.37. The number of nitrogens with one attached hydrogen (secondary N) is 1. The maximum absolute atomic E-state index is 12.1. The molecule has 0 bridgehead atoms. The van der Waals surface area contributed by atoms with E-state index in [1.165, 1.54) is 32.1 Å². The molecule has 1 heterocycles. The van der Waals surface area contributed by atoms with Crippen LogP contribution < -0.4 is 5.32 Å². The van der Waals surface area contributed by atoms with Gasteiger partial charge in [-0.1, -0.05) is 20.3 Å². The Hall–Kier alpha value is -0.530. The summed E-state index contributed by atoms with van der Waals surface area (Å²) in [7, 11) is 0. The Bertz CT molecular complexity index is 478. The van der Waals surface area contributed by atoms with Crippen molar-refractivity contribution < 1.29 is 4.79 Å². The molecule has 1 N–H and O–H groups in total. The van der Waals surface area contributed by atoms with Crippen molar-refractivity contribution in [2.75, 3.05) is 39.3 Å². The van der Waals surface area contributed by atoms with Gasteiger partial charge in [0.2, 0.25) is 5.91 Å². The standard InChI is InChI=1S/C19H34N4O.HI/c1-4-20-18(21-14-19(8-5-9-19)16-6-7-16)23-12-10-22(11-13-23)17(24)15(2)3;/h15-16H,4-14H2,1-3H3,(H,20,21);1H. The van der Waals surface area contributed by atoms with Gasteiger partial charge in [-0.25, -0.2) is 0 Å². The number of nitrogens with zero attached hydrogens (tertiary/aromatic N) is 3. The highest BCUT2D eigenvalue weighted by Gasteiger charge is 2.48. The quantitative estimate of drug-likeness (QED) is 0.388. The first kappa shape index (κ1) is 20.8. The van der Waals surface area contributed by atoms with Crippen LogP contribution in [0.25, 0.3) is 0 Å². The summed E-state index contributed by atoms with van der Waals surface area (Å²) in [5.74, 6) is 2.37. The number of hydrogen-bond acceptors (Lipinski definition) is 2. The van der Waals surface area contributed by atoms with E-state index in [2.05, 4.69) is 17.1 Å². The molecule has 6 heteroatoms. The molecule has 3 aliphatic rings. The minimum atomic E-state index is 0. The van der Waals surface area contributed by atoms with Crippen LogP contribution in [0.4, 0.5) is 0 Å². The van der Waals surface area contributed by atoms with Crippen LogP contribution in [0.1, 0.15) is 52.9 Å². The van der Waals surface area contributed by atoms with Crippen molar-refractivity contribution in [1.82, 2.24) is 15.1 Å². The summed E-state index contributed by atoms with van der Waals surface area (Å²) in [5.41, 5.74) is 0.524. The van der Waals surface area contributed by atoms with Gasteiger partial charge in [-0.3, -0.25) is 9.79 Å². The molecular formula is C19H35IN4O. The third kappa shape index (κ3) is 4.80. The molecule has 1 saturated heterocycles. The van der Waals surface area contributed by atoms with Gasteiger partial charge >= 0.3 is 0 Å². The third-order valence-electron chi connectivity index (χ3n) is 6.06. The van der Waals surface area contributed by atoms with Crippen molar-refractivity contribution >= 4 is 35.8 Å². The minimum absolute atomic E-state index is 0. The van der Waals surface area contributed by atoms with Crippen LogP contribution in [0.5, 0.6) is 0 Å². The van der Waals surface area contributed by atoms with E-state index in [-0.39, 0.29) is 35.8 Å². The van der Waals surface area contributed by atoms with Crippen LogP contribution in [-0.2, 0) is 4.79 Å². The second-order valence-corrected chi connectivity index (χ2v) is 8.13. The molecule has 0 aromatic rings. The van der Waals surface area contributed by atoms with Crippen molar-refractivity contribution in [3.8, 4) is 0 Å². The zero-order chi connectivity index (χ0) is 17.2. The molecule has 144 valence electrons. The summed E-state index contributed by atoms with van der Waals surface area (Å²) in [6, 6.07) is 0. The molecule has 2 aliphatic carbocycles. The number of carbonyl (C=O) groups excluding carboxylic acids is 1. The van der Waals surface area contributed by atoms with E-state index in [0.717, 1.165) is 51.1 Å². The average molecular weight is 462 g/mol. The summed E-state index contributed by atoms with van der Waals surface area (Å²) in [6.45, 7) is 11.4. The topological polar surface area (TPSA) is 47.9 Å². The molecule has 5 nitrogen and oxygen atoms in total. The van der Waals surface area contributed by atoms with Crippen molar-refractivity contribution in [3.63, 3.8) is 0 Å². The number of carbonyl (C=O) groups is 1. The fraction of sp³-hybridized carbons (Fsp3) is 0.895. The predicted molar refractivity (Wildman–Crippen MR) is 113 cm³/mol. The van der Waals surface area contributed by atoms with E-state index >= 15 is 0 Å². The van der Waals surface area contributed by atoms with Gasteiger partial charge in [0.25, 0.3) is 0 Å². The first-order valence-corrected chi connectivity index (χ1v) is 9.88. The van der Waals surface area contributed by atoms with Crippen LogP contribution in [-0.4, -0.2) is 60.9 Å². The summed E-state index contributed by atoms with van der Waals surface area (Å²) in [6.07, 6.45) is 6.97. The first-order valence-electron chi connectivity index (χ1n) is 9.88. The van der Waals surface area contributed by atoms with Gasteiger partial charge in [-0.05, 0) is 43.9 Å². The lowest BCUT2D eigenvalue weighted by atomic mass is 9.65. The van der Waals surface area contributed by atoms with Gasteiger partial charge in [0.05, 0.1) is 0 Å². The summed E-state index contributed by atoms with van der Waals surface area (Å²) in [5, 5.41) is 3.47. The highest BCUT2D eigenvalue weighted by atomic mass is 127. The lowest BCUT2D eigenvalue weighted by Gasteiger charge is -2.42. The second kappa shape index (κ2) is 8.91. The Labute approximate surface area is 170 Å². The van der Waals surface area contributed by atoms with Crippen molar-refractivity contribution in [2.24, 2.45) is 22.2 Å². The Morgan fingerprint density at radius 2 is 1.76 bits per heavy atom. The molecule has 0 atom stereocenters. The zero-order valence-corrected chi connectivity index (χ0v) is 18.4. The lowest BCUT2D eigenvalue weighted by Crippen LogP contribution is -2.54. The van der Waals surface area contributed by atoms with E-state index < -0.39 is 0 Å². The normalized spacial score (nSPS) is 23.1. The summed E-state index contributed by atoms with van der Waals surface area (Å²) in [4.78, 5) is 21.5. The van der Waals surface area contributed by atoms with Crippen LogP contribution >= 0.6 is 24.0 Å². The number of rotatable bonds is 5. The molecule has 0 aromatic heterocycles. The Morgan fingerprint density at radius 3 is 2.20 bits per heavy atom. The monoisotopic (exact) mass is 462 g/mol. The fourth-order valence-electron chi connectivity index (χ4n) is 4.18. The van der Waals surface area contributed by atoms with Gasteiger partial charge in [0.1, 0.15) is 0 Å². The molecule has 1 amide bonds. The molecule has 0 aromatic carbocycles. The fourth-order valence-corrected chi connectivity index (χ4v) is 4.18. The van der Waals surface area contributed by atoms with Gasteiger partial charge in [-0.2, -0.15) is 0 Å². The molecular weight excluding hydrogens is 427 g/mol. The highest BCUT2D eigenvalue weighted by molar-refractivity contribution is 14.0. The smallest absolute Gasteiger partial charge is 0.225 e. The molecule has 25 heavy (non-hydrogen) atoms. The van der Waals surface area contributed by atoms with E-state index in [1.54, 1.807) is 0 Å². The van der Waals surface area contributed by atoms with Crippen LogP contribution in [0.3, 0.4) is 0 Å². The second-order valence-electron chi connectivity index (χ2n) is 8.13. The van der Waals surface area contributed by atoms with E-state index in [9.17, 15) is 4.79 Å². The molecule has 1 aliphatic heterocycles. The number of piperazine rings is 1. The lowest BCUT2D eigenvalue weighted by molar-refractivity contribution is -0.135. The maximum Gasteiger partial charge on any atom is 0.225 e. The molecule has 0 radical (unpaired) electrons. The van der Waals surface area contributed by atoms with Crippen LogP contribution in [0, 0.1) is 17.3 Å². The first-order chi connectivity index (χ1) is 11.6. The molecule has 0 spiro atoms. The number of hydrogen-bond donors (Lipinski definition) is 1. The predicted octanol–water partition coefficient (Wildman–Crippen LogP) is 2.95. The maximum atomic E-state index is 12.1. The summed E-state index contributed by atoms with van der Waals surface area (Å²) < 4.78 is 0. The van der Waals surface area contributed by atoms with Gasteiger partial charge in [0.15, 0.2) is 5.96 Å². The molecule has 3 fully saturated rings. The number of guanidine groups is 1. The Morgan fingerprint density at radius 1 is 1.16 bits per heavy atom. The number of amides is 1.